The Morgan fingerprint density at radius 1 is 1.15 bits per heavy atom. The topological polar surface area (TPSA) is 165 Å². The Kier molecular flexibility index (Phi) is 7.90. The van der Waals surface area contributed by atoms with Crippen LogP contribution < -0.4 is 20.5 Å². The summed E-state index contributed by atoms with van der Waals surface area (Å²) in [6.45, 7) is 1.61. The molecule has 0 bridgehead atoms. The third-order valence-corrected chi connectivity index (χ3v) is 6.60. The van der Waals surface area contributed by atoms with Crippen LogP contribution in [-0.2, 0) is 10.0 Å². The number of rotatable bonds is 10. The number of amides is 1. The molecule has 0 saturated carbocycles. The fraction of sp³-hybridized carbons (Fsp3) is 0.167. The molecule has 4 aromatic rings. The minimum Gasteiger partial charge on any atom is -0.485 e. The first kappa shape index (κ1) is 28.3. The second-order valence-electron chi connectivity index (χ2n) is 8.40. The van der Waals surface area contributed by atoms with E-state index in [4.69, 9.17) is 10.5 Å². The van der Waals surface area contributed by atoms with E-state index in [0.717, 1.165) is 6.07 Å². The highest BCUT2D eigenvalue weighted by Gasteiger charge is 2.35. The van der Waals surface area contributed by atoms with Gasteiger partial charge in [0.2, 0.25) is 10.0 Å². The van der Waals surface area contributed by atoms with Gasteiger partial charge in [0, 0.05) is 24.0 Å². The minimum atomic E-state index is -4.97. The van der Waals surface area contributed by atoms with Crippen molar-refractivity contribution < 1.29 is 35.5 Å². The Morgan fingerprint density at radius 2 is 1.88 bits per heavy atom. The molecule has 2 aromatic heterocycles. The summed E-state index contributed by atoms with van der Waals surface area (Å²) in [5, 5.41) is 9.56. The smallest absolute Gasteiger partial charge is 0.404 e. The normalized spacial score (nSPS) is 12.5. The maximum Gasteiger partial charge on any atom is 0.404 e. The third kappa shape index (κ3) is 7.02. The van der Waals surface area contributed by atoms with E-state index in [1.165, 1.54) is 55.0 Å². The zero-order chi connectivity index (χ0) is 29.1. The summed E-state index contributed by atoms with van der Waals surface area (Å²) in [6.07, 6.45) is -1.51. The van der Waals surface area contributed by atoms with Crippen LogP contribution in [0.5, 0.6) is 5.75 Å². The predicted octanol–water partition coefficient (Wildman–Crippen LogP) is 4.29. The highest BCUT2D eigenvalue weighted by Crippen LogP contribution is 2.38. The van der Waals surface area contributed by atoms with Crippen molar-refractivity contribution in [2.24, 2.45) is 5.73 Å². The van der Waals surface area contributed by atoms with Gasteiger partial charge in [-0.25, -0.2) is 17.8 Å². The molecular weight excluding hydrogens is 558 g/mol. The fourth-order valence-electron chi connectivity index (χ4n) is 3.67. The van der Waals surface area contributed by atoms with Crippen LogP contribution in [0.2, 0.25) is 0 Å². The van der Waals surface area contributed by atoms with Crippen LogP contribution in [0.4, 0.5) is 34.9 Å². The molecule has 0 aliphatic heterocycles. The van der Waals surface area contributed by atoms with Crippen LogP contribution in [0.3, 0.4) is 0 Å². The van der Waals surface area contributed by atoms with E-state index in [1.807, 2.05) is 4.72 Å². The molecule has 2 aromatic carbocycles. The van der Waals surface area contributed by atoms with Gasteiger partial charge in [-0.15, -0.1) is 0 Å². The van der Waals surface area contributed by atoms with Crippen molar-refractivity contribution in [1.29, 1.82) is 0 Å². The summed E-state index contributed by atoms with van der Waals surface area (Å²) in [6, 6.07) is 8.98. The van der Waals surface area contributed by atoms with Crippen LogP contribution in [0.15, 0.2) is 61.1 Å². The average molecular weight is 580 g/mol. The lowest BCUT2D eigenvalue weighted by molar-refractivity contribution is -0.106. The van der Waals surface area contributed by atoms with E-state index in [9.17, 15) is 30.8 Å². The van der Waals surface area contributed by atoms with Gasteiger partial charge in [0.25, 0.3) is 5.91 Å². The standard InChI is InChI=1S/C24H21F4N7O4S/c1-13(14-2-4-15(25)5-3-14)39-18-10-16(35-40(37,38)12-24(26,27)28)6-7-17(18)21-20(22(29)36)23(34-33-21)32-19-11-30-8-9-31-19/h2-11,13,35H,12H2,1H3,(H2,29,36)(H2,31,32,33,34). The number of nitrogens with one attached hydrogen (secondary N) is 3. The molecule has 0 aliphatic carbocycles. The Morgan fingerprint density at radius 3 is 2.50 bits per heavy atom. The van der Waals surface area contributed by atoms with Crippen molar-refractivity contribution in [2.45, 2.75) is 19.2 Å². The van der Waals surface area contributed by atoms with Gasteiger partial charge in [-0.05, 0) is 36.8 Å². The lowest BCUT2D eigenvalue weighted by Gasteiger charge is -2.19. The quantitative estimate of drug-likeness (QED) is 0.202. The van der Waals surface area contributed by atoms with E-state index < -0.39 is 39.8 Å². The van der Waals surface area contributed by atoms with Gasteiger partial charge in [0.15, 0.2) is 11.6 Å². The van der Waals surface area contributed by atoms with Crippen molar-refractivity contribution in [3.8, 4) is 17.0 Å². The average Bonchev–Trinajstić information content (AvgIpc) is 3.27. The molecule has 0 spiro atoms. The van der Waals surface area contributed by atoms with Crippen LogP contribution in [0.1, 0.15) is 28.9 Å². The van der Waals surface area contributed by atoms with Gasteiger partial charge in [-0.1, -0.05) is 12.1 Å². The molecule has 1 amide bonds. The highest BCUT2D eigenvalue weighted by atomic mass is 32.2. The number of benzene rings is 2. The molecule has 2 heterocycles. The first-order valence-corrected chi connectivity index (χ1v) is 13.0. The number of aromatic nitrogens is 4. The van der Waals surface area contributed by atoms with Gasteiger partial charge in [0.05, 0.1) is 17.6 Å². The molecule has 0 fully saturated rings. The molecule has 1 atom stereocenters. The van der Waals surface area contributed by atoms with E-state index >= 15 is 0 Å². The zero-order valence-electron chi connectivity index (χ0n) is 20.5. The van der Waals surface area contributed by atoms with Crippen molar-refractivity contribution in [2.75, 3.05) is 15.8 Å². The van der Waals surface area contributed by atoms with E-state index in [-0.39, 0.29) is 39.9 Å². The molecule has 16 heteroatoms. The number of carbonyl (C=O) groups excluding carboxylic acids is 1. The van der Waals surface area contributed by atoms with Crippen LogP contribution >= 0.6 is 0 Å². The van der Waals surface area contributed by atoms with Crippen LogP contribution in [0.25, 0.3) is 11.3 Å². The number of anilines is 3. The maximum atomic E-state index is 13.4. The number of alkyl halides is 3. The first-order chi connectivity index (χ1) is 18.8. The number of carbonyl (C=O) groups is 1. The zero-order valence-corrected chi connectivity index (χ0v) is 21.3. The van der Waals surface area contributed by atoms with Crippen molar-refractivity contribution in [3.05, 3.63) is 78.0 Å². The van der Waals surface area contributed by atoms with Gasteiger partial charge >= 0.3 is 6.18 Å². The Hall–Kier alpha value is -4.73. The maximum absolute atomic E-state index is 13.4. The fourth-order valence-corrected chi connectivity index (χ4v) is 4.65. The summed E-state index contributed by atoms with van der Waals surface area (Å²) in [4.78, 5) is 20.4. The number of nitrogens with two attached hydrogens (primary N) is 1. The highest BCUT2D eigenvalue weighted by molar-refractivity contribution is 7.92. The van der Waals surface area contributed by atoms with Gasteiger partial charge in [-0.2, -0.15) is 18.3 Å². The third-order valence-electron chi connectivity index (χ3n) is 5.34. The molecule has 11 nitrogen and oxygen atoms in total. The molecule has 4 rings (SSSR count). The largest absolute Gasteiger partial charge is 0.485 e. The molecule has 0 aliphatic rings. The molecule has 5 N–H and O–H groups in total. The summed E-state index contributed by atoms with van der Waals surface area (Å²) in [7, 11) is -4.81. The summed E-state index contributed by atoms with van der Waals surface area (Å²) in [5.41, 5.74) is 6.03. The second kappa shape index (κ2) is 11.2. The van der Waals surface area contributed by atoms with E-state index in [2.05, 4.69) is 25.5 Å². The summed E-state index contributed by atoms with van der Waals surface area (Å²) >= 11 is 0. The number of hydrogen-bond donors (Lipinski definition) is 4. The SMILES string of the molecule is CC(Oc1cc(NS(=O)(=O)CC(F)(F)F)ccc1-c1[nH]nc(Nc2cnccn2)c1C(N)=O)c1ccc(F)cc1. The molecule has 210 valence electrons. The van der Waals surface area contributed by atoms with Crippen LogP contribution in [0, 0.1) is 5.82 Å². The Balaban J connectivity index is 1.77. The summed E-state index contributed by atoms with van der Waals surface area (Å²) in [5.74, 6) is -3.30. The number of ether oxygens (including phenoxy) is 1. The van der Waals surface area contributed by atoms with Gasteiger partial charge in [0.1, 0.15) is 29.1 Å². The number of aromatic amines is 1. The van der Waals surface area contributed by atoms with Gasteiger partial charge < -0.3 is 15.8 Å². The number of hydrogen-bond acceptors (Lipinski definition) is 8. The Bertz CT molecular complexity index is 1610. The van der Waals surface area contributed by atoms with Crippen LogP contribution in [-0.4, -0.2) is 46.4 Å². The number of primary amides is 1. The molecule has 0 saturated heterocycles. The van der Waals surface area contributed by atoms with E-state index in [1.54, 1.807) is 6.92 Å². The van der Waals surface area contributed by atoms with Crippen molar-refractivity contribution >= 4 is 33.3 Å². The Labute approximate surface area is 224 Å². The summed E-state index contributed by atoms with van der Waals surface area (Å²) < 4.78 is 83.7. The second-order valence-corrected chi connectivity index (χ2v) is 10.1. The molecular formula is C24H21F4N7O4S. The molecule has 1 unspecified atom stereocenters. The first-order valence-electron chi connectivity index (χ1n) is 11.4. The van der Waals surface area contributed by atoms with Crippen molar-refractivity contribution in [1.82, 2.24) is 20.2 Å². The van der Waals surface area contributed by atoms with Crippen molar-refractivity contribution in [3.63, 3.8) is 0 Å². The molecule has 0 radical (unpaired) electrons. The number of H-pyrrole nitrogens is 1. The predicted molar refractivity (Wildman–Crippen MR) is 137 cm³/mol. The lowest BCUT2D eigenvalue weighted by atomic mass is 10.0. The number of halogens is 4. The van der Waals surface area contributed by atoms with E-state index in [0.29, 0.717) is 5.56 Å². The number of nitrogens with zero attached hydrogens (tertiary/aromatic N) is 3. The monoisotopic (exact) mass is 579 g/mol. The van der Waals surface area contributed by atoms with Gasteiger partial charge in [-0.3, -0.25) is 19.6 Å². The molecule has 40 heavy (non-hydrogen) atoms. The lowest BCUT2D eigenvalue weighted by Crippen LogP contribution is -2.27. The minimum absolute atomic E-state index is 0.00418. The number of sulfonamides is 1.